The summed E-state index contributed by atoms with van der Waals surface area (Å²) >= 11 is 0. The van der Waals surface area contributed by atoms with Crippen LogP contribution in [-0.4, -0.2) is 39.0 Å². The van der Waals surface area contributed by atoms with Crippen molar-refractivity contribution in [3.8, 4) is 11.5 Å². The second kappa shape index (κ2) is 6.76. The SMILES string of the molecule is COc1ccc([C@H]2CC(c3ccccc3)=NN2S(C)(=O)=O)c(OC)c1. The molecule has 2 aromatic rings. The quantitative estimate of drug-likeness (QED) is 0.822. The van der Waals surface area contributed by atoms with E-state index < -0.39 is 16.1 Å². The van der Waals surface area contributed by atoms with Crippen molar-refractivity contribution >= 4 is 15.7 Å². The minimum absolute atomic E-state index is 0.453. The molecule has 6 nitrogen and oxygen atoms in total. The second-order valence-corrected chi connectivity index (χ2v) is 7.62. The summed E-state index contributed by atoms with van der Waals surface area (Å²) in [4.78, 5) is 0. The maximum absolute atomic E-state index is 12.3. The van der Waals surface area contributed by atoms with E-state index in [9.17, 15) is 8.42 Å². The lowest BCUT2D eigenvalue weighted by Gasteiger charge is -2.23. The minimum Gasteiger partial charge on any atom is -0.497 e. The molecule has 25 heavy (non-hydrogen) atoms. The standard InChI is InChI=1S/C18H20N2O4S/c1-23-14-9-10-15(18(11-14)24-2)17-12-16(13-7-5-4-6-8-13)19-20(17)25(3,21)22/h4-11,17H,12H2,1-3H3/t17-/m1/s1. The highest BCUT2D eigenvalue weighted by Gasteiger charge is 2.36. The fourth-order valence-corrected chi connectivity index (χ4v) is 3.82. The van der Waals surface area contributed by atoms with Crippen LogP contribution in [0.2, 0.25) is 0 Å². The highest BCUT2D eigenvalue weighted by Crippen LogP contribution is 2.40. The summed E-state index contributed by atoms with van der Waals surface area (Å²) in [6.07, 6.45) is 1.63. The van der Waals surface area contributed by atoms with E-state index in [2.05, 4.69) is 5.10 Å². The Morgan fingerprint density at radius 3 is 2.40 bits per heavy atom. The molecular weight excluding hydrogens is 340 g/mol. The Kier molecular flexibility index (Phi) is 4.67. The first kappa shape index (κ1) is 17.3. The maximum atomic E-state index is 12.3. The number of hydrogen-bond acceptors (Lipinski definition) is 5. The Hall–Kier alpha value is -2.54. The van der Waals surface area contributed by atoms with Gasteiger partial charge in [0, 0.05) is 18.1 Å². The molecule has 1 aliphatic heterocycles. The summed E-state index contributed by atoms with van der Waals surface area (Å²) in [6.45, 7) is 0. The van der Waals surface area contributed by atoms with E-state index >= 15 is 0 Å². The molecule has 2 aromatic carbocycles. The monoisotopic (exact) mass is 360 g/mol. The summed E-state index contributed by atoms with van der Waals surface area (Å²) in [5, 5.41) is 4.38. The van der Waals surface area contributed by atoms with E-state index in [1.165, 1.54) is 4.41 Å². The van der Waals surface area contributed by atoms with Crippen LogP contribution in [0, 0.1) is 0 Å². The van der Waals surface area contributed by atoms with E-state index in [4.69, 9.17) is 9.47 Å². The first-order chi connectivity index (χ1) is 11.9. The Morgan fingerprint density at radius 2 is 1.80 bits per heavy atom. The lowest BCUT2D eigenvalue weighted by Crippen LogP contribution is -2.26. The molecule has 0 fully saturated rings. The van der Waals surface area contributed by atoms with Crippen molar-refractivity contribution < 1.29 is 17.9 Å². The molecule has 1 aliphatic rings. The van der Waals surface area contributed by atoms with E-state index in [0.717, 1.165) is 23.1 Å². The number of hydrogen-bond donors (Lipinski definition) is 0. The van der Waals surface area contributed by atoms with Crippen molar-refractivity contribution in [1.29, 1.82) is 0 Å². The van der Waals surface area contributed by atoms with Crippen LogP contribution < -0.4 is 9.47 Å². The van der Waals surface area contributed by atoms with Crippen LogP contribution in [-0.2, 0) is 10.0 Å². The molecule has 3 rings (SSSR count). The molecule has 0 saturated carbocycles. The Labute approximate surface area is 147 Å². The van der Waals surface area contributed by atoms with Crippen LogP contribution in [0.1, 0.15) is 23.6 Å². The topological polar surface area (TPSA) is 68.2 Å². The zero-order chi connectivity index (χ0) is 18.0. The molecule has 0 spiro atoms. The predicted octanol–water partition coefficient (Wildman–Crippen LogP) is 2.81. The van der Waals surface area contributed by atoms with Crippen molar-refractivity contribution in [3.63, 3.8) is 0 Å². The van der Waals surface area contributed by atoms with Gasteiger partial charge in [-0.3, -0.25) is 0 Å². The lowest BCUT2D eigenvalue weighted by atomic mass is 9.98. The van der Waals surface area contributed by atoms with Crippen molar-refractivity contribution in [2.45, 2.75) is 12.5 Å². The summed E-state index contributed by atoms with van der Waals surface area (Å²) < 4.78 is 36.4. The van der Waals surface area contributed by atoms with Gasteiger partial charge in [-0.1, -0.05) is 30.3 Å². The molecule has 0 N–H and O–H groups in total. The molecule has 0 aromatic heterocycles. The minimum atomic E-state index is -3.52. The van der Waals surface area contributed by atoms with Gasteiger partial charge in [-0.2, -0.15) is 9.52 Å². The molecule has 0 aliphatic carbocycles. The van der Waals surface area contributed by atoms with Crippen molar-refractivity contribution in [1.82, 2.24) is 4.41 Å². The third-order valence-corrected chi connectivity index (χ3v) is 5.13. The third-order valence-electron chi connectivity index (χ3n) is 4.12. The molecule has 0 bridgehead atoms. The van der Waals surface area contributed by atoms with Gasteiger partial charge in [-0.05, 0) is 17.7 Å². The highest BCUT2D eigenvalue weighted by molar-refractivity contribution is 7.88. The van der Waals surface area contributed by atoms with Crippen molar-refractivity contribution in [2.24, 2.45) is 5.10 Å². The lowest BCUT2D eigenvalue weighted by molar-refractivity contribution is 0.348. The molecule has 0 amide bonds. The van der Waals surface area contributed by atoms with E-state index in [-0.39, 0.29) is 0 Å². The van der Waals surface area contributed by atoms with Gasteiger partial charge in [-0.25, -0.2) is 8.42 Å². The van der Waals surface area contributed by atoms with Crippen molar-refractivity contribution in [3.05, 3.63) is 59.7 Å². The number of benzene rings is 2. The number of hydrazone groups is 1. The highest BCUT2D eigenvalue weighted by atomic mass is 32.2. The van der Waals surface area contributed by atoms with Gasteiger partial charge in [-0.15, -0.1) is 0 Å². The Balaban J connectivity index is 2.05. The number of rotatable bonds is 5. The average molecular weight is 360 g/mol. The fourth-order valence-electron chi connectivity index (χ4n) is 2.92. The van der Waals surface area contributed by atoms with E-state index in [1.807, 2.05) is 36.4 Å². The van der Waals surface area contributed by atoms with Gasteiger partial charge < -0.3 is 9.47 Å². The molecule has 132 valence electrons. The fraction of sp³-hybridized carbons (Fsp3) is 0.278. The van der Waals surface area contributed by atoms with Crippen molar-refractivity contribution in [2.75, 3.05) is 20.5 Å². The first-order valence-electron chi connectivity index (χ1n) is 7.78. The summed E-state index contributed by atoms with van der Waals surface area (Å²) in [6, 6.07) is 14.5. The molecular formula is C18H20N2O4S. The van der Waals surface area contributed by atoms with E-state index in [0.29, 0.717) is 17.9 Å². The number of ether oxygens (including phenoxy) is 2. The van der Waals surface area contributed by atoms with Gasteiger partial charge in [0.05, 0.1) is 32.2 Å². The Morgan fingerprint density at radius 1 is 1.08 bits per heavy atom. The number of methoxy groups -OCH3 is 2. The zero-order valence-corrected chi connectivity index (χ0v) is 15.2. The van der Waals surface area contributed by atoms with Gasteiger partial charge in [0.25, 0.3) is 0 Å². The summed E-state index contributed by atoms with van der Waals surface area (Å²) in [5.74, 6) is 1.22. The normalized spacial score (nSPS) is 17.3. The molecule has 1 heterocycles. The largest absolute Gasteiger partial charge is 0.497 e. The molecule has 0 unspecified atom stereocenters. The third kappa shape index (κ3) is 3.46. The molecule has 1 atom stereocenters. The average Bonchev–Trinajstić information content (AvgIpc) is 3.07. The van der Waals surface area contributed by atoms with Crippen LogP contribution in [0.15, 0.2) is 53.6 Å². The van der Waals surface area contributed by atoms with Gasteiger partial charge in [0.1, 0.15) is 11.5 Å². The first-order valence-corrected chi connectivity index (χ1v) is 9.63. The van der Waals surface area contributed by atoms with Gasteiger partial charge in [0.15, 0.2) is 0 Å². The molecule has 7 heteroatoms. The zero-order valence-electron chi connectivity index (χ0n) is 14.3. The summed E-state index contributed by atoms with van der Waals surface area (Å²) in [5.41, 5.74) is 2.39. The van der Waals surface area contributed by atoms with Crippen LogP contribution in [0.3, 0.4) is 0 Å². The van der Waals surface area contributed by atoms with Crippen LogP contribution in [0.4, 0.5) is 0 Å². The van der Waals surface area contributed by atoms with E-state index in [1.54, 1.807) is 26.4 Å². The smallest absolute Gasteiger partial charge is 0.247 e. The predicted molar refractivity (Wildman–Crippen MR) is 96.6 cm³/mol. The molecule has 0 radical (unpaired) electrons. The van der Waals surface area contributed by atoms with Gasteiger partial charge in [0.2, 0.25) is 10.0 Å². The van der Waals surface area contributed by atoms with Gasteiger partial charge >= 0.3 is 0 Å². The maximum Gasteiger partial charge on any atom is 0.247 e. The molecule has 0 saturated heterocycles. The number of sulfonamides is 1. The Bertz CT molecular complexity index is 895. The summed E-state index contributed by atoms with van der Waals surface area (Å²) in [7, 11) is -0.397. The van der Waals surface area contributed by atoms with Crippen LogP contribution in [0.5, 0.6) is 11.5 Å². The van der Waals surface area contributed by atoms with Crippen LogP contribution in [0.25, 0.3) is 0 Å². The second-order valence-electron chi connectivity index (χ2n) is 5.78. The van der Waals surface area contributed by atoms with Crippen LogP contribution >= 0.6 is 0 Å². The number of nitrogens with zero attached hydrogens (tertiary/aromatic N) is 2.